The van der Waals surface area contributed by atoms with Crippen LogP contribution in [0.15, 0.2) is 294 Å². The fourth-order valence-corrected chi connectivity index (χ4v) is 21.5. The summed E-state index contributed by atoms with van der Waals surface area (Å²) in [6.45, 7) is 17.4. The molecule has 0 spiro atoms. The van der Waals surface area contributed by atoms with Gasteiger partial charge in [-0.3, -0.25) is 0 Å². The second-order valence-electron chi connectivity index (χ2n) is 30.5. The summed E-state index contributed by atoms with van der Waals surface area (Å²) >= 11 is 0. The Morgan fingerprint density at radius 3 is 1.30 bits per heavy atom. The van der Waals surface area contributed by atoms with E-state index in [1.165, 1.54) is 131 Å². The standard InChI is InChI=1S/C93H70N4O2Si2/c1-93(2)78-51-61(95-80-26-14-8-20-67(80)68-21-9-15-27-81(68)95)40-44-65(78)66-45-41-62(52-79(66)93)97-83-29-17-11-23-70(83)77-50-58(88-74-25-13-19-31-87(74)99-92(88)90(77)97)55-101(6,7)64-43-49-85-76(54-64)75-53-63(100(3,4)5)42-48-84(75)94(85)59-36-32-56(33-37-59)57-34-38-60(39-35-57)96-82-28-16-10-22-69(82)72-46-47-73-71-24-12-18-30-86(71)98-91(73)89(72)96/h8-54H,55H2,1-7H3. The third-order valence-corrected chi connectivity index (χ3v) is 28.1. The molecule has 1 aliphatic carbocycles. The van der Waals surface area contributed by atoms with Gasteiger partial charge < -0.3 is 27.1 Å². The number of para-hydroxylation sites is 6. The molecule has 0 bridgehead atoms. The third-order valence-electron chi connectivity index (χ3n) is 22.9. The van der Waals surface area contributed by atoms with Crippen LogP contribution >= 0.6 is 0 Å². The van der Waals surface area contributed by atoms with Gasteiger partial charge in [-0.05, 0) is 154 Å². The molecule has 0 fully saturated rings. The molecule has 6 heterocycles. The molecule has 101 heavy (non-hydrogen) atoms. The molecule has 0 N–H and O–H groups in total. The first-order chi connectivity index (χ1) is 49.2. The molecule has 0 saturated carbocycles. The van der Waals surface area contributed by atoms with Gasteiger partial charge in [-0.15, -0.1) is 0 Å². The number of rotatable bonds is 9. The van der Waals surface area contributed by atoms with Crippen molar-refractivity contribution in [2.45, 2.75) is 58.0 Å². The molecule has 0 aliphatic heterocycles. The normalized spacial score (nSPS) is 13.4. The highest BCUT2D eigenvalue weighted by Crippen LogP contribution is 2.52. The van der Waals surface area contributed by atoms with E-state index in [9.17, 15) is 0 Å². The first kappa shape index (κ1) is 58.3. The molecule has 0 radical (unpaired) electrons. The lowest BCUT2D eigenvalue weighted by molar-refractivity contribution is 0.659. The molecule has 6 nitrogen and oxygen atoms in total. The summed E-state index contributed by atoms with van der Waals surface area (Å²) < 4.78 is 23.8. The van der Waals surface area contributed by atoms with Gasteiger partial charge in [-0.25, -0.2) is 0 Å². The van der Waals surface area contributed by atoms with Crippen molar-refractivity contribution in [1.29, 1.82) is 0 Å². The van der Waals surface area contributed by atoms with Crippen molar-refractivity contribution in [2.24, 2.45) is 0 Å². The summed E-state index contributed by atoms with van der Waals surface area (Å²) in [5, 5.41) is 17.6. The smallest absolute Gasteiger partial charge is 0.160 e. The Balaban J connectivity index is 0.648. The van der Waals surface area contributed by atoms with Crippen molar-refractivity contribution in [1.82, 2.24) is 18.3 Å². The first-order valence-electron chi connectivity index (χ1n) is 35.5. The van der Waals surface area contributed by atoms with E-state index < -0.39 is 16.1 Å². The minimum atomic E-state index is -2.31. The molecule has 21 rings (SSSR count). The molecule has 20 aromatic rings. The molecule has 0 saturated heterocycles. The van der Waals surface area contributed by atoms with Gasteiger partial charge in [0.2, 0.25) is 0 Å². The summed E-state index contributed by atoms with van der Waals surface area (Å²) in [7, 11) is -4.01. The average Bonchev–Trinajstić information content (AvgIpc) is 1.56. The van der Waals surface area contributed by atoms with Crippen LogP contribution in [0.2, 0.25) is 32.7 Å². The highest BCUT2D eigenvalue weighted by Gasteiger charge is 2.37. The van der Waals surface area contributed by atoms with Crippen LogP contribution in [0.25, 0.3) is 176 Å². The van der Waals surface area contributed by atoms with E-state index in [-0.39, 0.29) is 5.41 Å². The second-order valence-corrected chi connectivity index (χ2v) is 40.3. The maximum atomic E-state index is 7.29. The summed E-state index contributed by atoms with van der Waals surface area (Å²) in [5.74, 6) is 0. The maximum absolute atomic E-state index is 7.29. The predicted octanol–water partition coefficient (Wildman–Crippen LogP) is 24.1. The van der Waals surface area contributed by atoms with Crippen molar-refractivity contribution in [2.75, 3.05) is 0 Å². The van der Waals surface area contributed by atoms with Crippen LogP contribution in [0.4, 0.5) is 0 Å². The fourth-order valence-electron chi connectivity index (χ4n) is 17.9. The fraction of sp³-hybridized carbons (Fsp3) is 0.0968. The largest absolute Gasteiger partial charge is 0.454 e. The van der Waals surface area contributed by atoms with Crippen LogP contribution in [0.3, 0.4) is 0 Å². The molecule has 6 aromatic heterocycles. The summed E-state index contributed by atoms with van der Waals surface area (Å²) in [6, 6.07) is 108. The van der Waals surface area contributed by atoms with E-state index in [0.29, 0.717) is 0 Å². The van der Waals surface area contributed by atoms with Gasteiger partial charge in [0.1, 0.15) is 11.2 Å². The van der Waals surface area contributed by atoms with E-state index >= 15 is 0 Å². The molecule has 14 aromatic carbocycles. The Labute approximate surface area is 585 Å². The number of aromatic nitrogens is 4. The van der Waals surface area contributed by atoms with Crippen LogP contribution < -0.4 is 10.4 Å². The van der Waals surface area contributed by atoms with Crippen molar-refractivity contribution in [3.8, 4) is 45.0 Å². The van der Waals surface area contributed by atoms with E-state index in [0.717, 1.165) is 78.1 Å². The molecular weight excluding hydrogens is 1260 g/mol. The molecule has 0 atom stereocenters. The van der Waals surface area contributed by atoms with Gasteiger partial charge in [0.15, 0.2) is 11.2 Å². The van der Waals surface area contributed by atoms with Crippen LogP contribution in [-0.4, -0.2) is 34.4 Å². The van der Waals surface area contributed by atoms with Crippen LogP contribution in [0.1, 0.15) is 30.5 Å². The summed E-state index contributed by atoms with van der Waals surface area (Å²) in [4.78, 5) is 0. The Morgan fingerprint density at radius 1 is 0.307 bits per heavy atom. The SMILES string of the molecule is CC1(C)c2cc(-n3c4ccccc4c4ccccc43)ccc2-c2ccc(-n3c4ccccc4c4cc(C[Si](C)(C)c5ccc6c(c5)c5cc([Si](C)(C)C)ccc5n6-c5ccc(-c6ccc(-n7c8ccccc8c8ccc9c%10ccccc%10oc9c87)cc6)cc5)c5c6ccccc6oc5c43)cc21. The minimum Gasteiger partial charge on any atom is -0.454 e. The molecule has 482 valence electrons. The van der Waals surface area contributed by atoms with Gasteiger partial charge >= 0.3 is 0 Å². The zero-order chi connectivity index (χ0) is 67.5. The van der Waals surface area contributed by atoms with Crippen molar-refractivity contribution in [3.63, 3.8) is 0 Å². The van der Waals surface area contributed by atoms with Crippen molar-refractivity contribution in [3.05, 3.63) is 302 Å². The summed E-state index contributed by atoms with van der Waals surface area (Å²) in [6.07, 6.45) is 0. The number of furan rings is 2. The quantitative estimate of drug-likeness (QED) is 0.135. The lowest BCUT2D eigenvalue weighted by Crippen LogP contribution is -2.44. The Kier molecular flexibility index (Phi) is 12.1. The number of hydrogen-bond acceptors (Lipinski definition) is 2. The number of hydrogen-bond donors (Lipinski definition) is 0. The van der Waals surface area contributed by atoms with Gasteiger partial charge in [0.05, 0.1) is 60.3 Å². The van der Waals surface area contributed by atoms with Gasteiger partial charge in [-0.2, -0.15) is 0 Å². The van der Waals surface area contributed by atoms with Gasteiger partial charge in [0, 0.05) is 92.8 Å². The predicted molar refractivity (Wildman–Crippen MR) is 432 cm³/mol. The van der Waals surface area contributed by atoms with Gasteiger partial charge in [0.25, 0.3) is 0 Å². The summed E-state index contributed by atoms with van der Waals surface area (Å²) in [5.41, 5.74) is 26.4. The Morgan fingerprint density at radius 2 is 0.713 bits per heavy atom. The topological polar surface area (TPSA) is 46.0 Å². The third kappa shape index (κ3) is 8.37. The Bertz CT molecular complexity index is 6900. The zero-order valence-electron chi connectivity index (χ0n) is 57.4. The van der Waals surface area contributed by atoms with E-state index in [1.807, 2.05) is 6.07 Å². The van der Waals surface area contributed by atoms with E-state index in [1.54, 1.807) is 0 Å². The van der Waals surface area contributed by atoms with E-state index in [2.05, 4.69) is 344 Å². The highest BCUT2D eigenvalue weighted by atomic mass is 28.3. The number of fused-ring (bicyclic) bond motifs is 23. The molecule has 0 amide bonds. The minimum absolute atomic E-state index is 0.272. The molecule has 1 aliphatic rings. The van der Waals surface area contributed by atoms with Crippen molar-refractivity contribution >= 4 is 158 Å². The van der Waals surface area contributed by atoms with Crippen LogP contribution in [-0.2, 0) is 11.5 Å². The van der Waals surface area contributed by atoms with Gasteiger partial charge in [-0.1, -0.05) is 233 Å². The number of nitrogens with zero attached hydrogens (tertiary/aromatic N) is 4. The maximum Gasteiger partial charge on any atom is 0.160 e. The molecule has 0 unspecified atom stereocenters. The Hall–Kier alpha value is -11.7. The highest BCUT2D eigenvalue weighted by molar-refractivity contribution is 6.90. The monoisotopic (exact) mass is 1330 g/mol. The average molecular weight is 1330 g/mol. The van der Waals surface area contributed by atoms with Crippen LogP contribution in [0, 0.1) is 0 Å². The van der Waals surface area contributed by atoms with E-state index in [4.69, 9.17) is 8.83 Å². The molecule has 8 heteroatoms. The second kappa shape index (κ2) is 20.9. The first-order valence-corrected chi connectivity index (χ1v) is 42.2. The molecular formula is C93H70N4O2Si2. The lowest BCUT2D eigenvalue weighted by atomic mass is 9.82. The number of benzene rings is 14. The zero-order valence-corrected chi connectivity index (χ0v) is 59.4. The lowest BCUT2D eigenvalue weighted by Gasteiger charge is -2.24. The van der Waals surface area contributed by atoms with Crippen LogP contribution in [0.5, 0.6) is 0 Å². The van der Waals surface area contributed by atoms with Crippen molar-refractivity contribution < 1.29 is 8.83 Å².